The minimum absolute atomic E-state index is 0.0832. The lowest BCUT2D eigenvalue weighted by atomic mass is 10.0. The SMILES string of the molecule is O=C(CCC1CCNC1)N1CCC(NS(=O)(=O)c2cccs2)CC1. The van der Waals surface area contributed by atoms with Crippen LogP contribution < -0.4 is 10.0 Å². The van der Waals surface area contributed by atoms with E-state index in [4.69, 9.17) is 0 Å². The van der Waals surface area contributed by atoms with Gasteiger partial charge in [0.2, 0.25) is 15.9 Å². The number of thiophene rings is 1. The van der Waals surface area contributed by atoms with E-state index < -0.39 is 10.0 Å². The summed E-state index contributed by atoms with van der Waals surface area (Å²) < 4.78 is 27.6. The summed E-state index contributed by atoms with van der Waals surface area (Å²) in [4.78, 5) is 14.2. The number of rotatable bonds is 6. The fourth-order valence-corrected chi connectivity index (χ4v) is 5.70. The molecule has 1 unspecified atom stereocenters. The van der Waals surface area contributed by atoms with Gasteiger partial charge in [-0.05, 0) is 56.1 Å². The molecule has 2 saturated heterocycles. The minimum Gasteiger partial charge on any atom is -0.343 e. The molecule has 0 aromatic carbocycles. The van der Waals surface area contributed by atoms with Crippen LogP contribution in [-0.4, -0.2) is 51.4 Å². The zero-order chi connectivity index (χ0) is 17.0. The van der Waals surface area contributed by atoms with Gasteiger partial charge in [-0.15, -0.1) is 11.3 Å². The average molecular weight is 372 g/mol. The first-order valence-corrected chi connectivity index (χ1v) is 11.0. The molecule has 1 aromatic heterocycles. The van der Waals surface area contributed by atoms with Crippen molar-refractivity contribution < 1.29 is 13.2 Å². The number of hydrogen-bond donors (Lipinski definition) is 2. The fourth-order valence-electron chi connectivity index (χ4n) is 3.39. The van der Waals surface area contributed by atoms with E-state index in [1.54, 1.807) is 17.5 Å². The topological polar surface area (TPSA) is 78.5 Å². The molecule has 2 aliphatic heterocycles. The molecule has 2 aliphatic rings. The molecule has 0 spiro atoms. The Hall–Kier alpha value is -0.960. The number of likely N-dealkylation sites (tertiary alicyclic amines) is 1. The van der Waals surface area contributed by atoms with Gasteiger partial charge in [0.25, 0.3) is 0 Å². The summed E-state index contributed by atoms with van der Waals surface area (Å²) in [7, 11) is -3.42. The average Bonchev–Trinajstić information content (AvgIpc) is 3.26. The second-order valence-electron chi connectivity index (χ2n) is 6.61. The zero-order valence-corrected chi connectivity index (χ0v) is 15.4. The normalized spacial score (nSPS) is 22.8. The first kappa shape index (κ1) is 17.8. The summed E-state index contributed by atoms with van der Waals surface area (Å²) in [6.45, 7) is 3.37. The highest BCUT2D eigenvalue weighted by Crippen LogP contribution is 2.20. The van der Waals surface area contributed by atoms with Gasteiger partial charge in [-0.1, -0.05) is 6.07 Å². The molecular formula is C16H25N3O3S2. The third-order valence-corrected chi connectivity index (χ3v) is 7.78. The van der Waals surface area contributed by atoms with Gasteiger partial charge in [0, 0.05) is 25.6 Å². The van der Waals surface area contributed by atoms with Crippen molar-refractivity contribution in [2.45, 2.75) is 42.4 Å². The molecule has 0 aliphatic carbocycles. The lowest BCUT2D eigenvalue weighted by Gasteiger charge is -2.32. The Balaban J connectivity index is 1.43. The Morgan fingerprint density at radius 3 is 2.75 bits per heavy atom. The second-order valence-corrected chi connectivity index (χ2v) is 9.49. The highest BCUT2D eigenvalue weighted by molar-refractivity contribution is 7.91. The van der Waals surface area contributed by atoms with Gasteiger partial charge in [-0.2, -0.15) is 0 Å². The van der Waals surface area contributed by atoms with Crippen LogP contribution in [0.4, 0.5) is 0 Å². The monoisotopic (exact) mass is 371 g/mol. The van der Waals surface area contributed by atoms with E-state index in [1.165, 1.54) is 17.8 Å². The smallest absolute Gasteiger partial charge is 0.250 e. The van der Waals surface area contributed by atoms with Crippen LogP contribution in [0.15, 0.2) is 21.7 Å². The van der Waals surface area contributed by atoms with Crippen molar-refractivity contribution in [1.29, 1.82) is 0 Å². The van der Waals surface area contributed by atoms with Crippen LogP contribution in [0, 0.1) is 5.92 Å². The predicted octanol–water partition coefficient (Wildman–Crippen LogP) is 1.41. The maximum absolute atomic E-state index is 12.3. The molecule has 3 heterocycles. The van der Waals surface area contributed by atoms with Crippen molar-refractivity contribution in [1.82, 2.24) is 14.9 Å². The fraction of sp³-hybridized carbons (Fsp3) is 0.688. The van der Waals surface area contributed by atoms with E-state index in [0.29, 0.717) is 42.5 Å². The third kappa shape index (κ3) is 4.56. The number of carbonyl (C=O) groups is 1. The summed E-state index contributed by atoms with van der Waals surface area (Å²) in [6.07, 6.45) is 4.09. The summed E-state index contributed by atoms with van der Waals surface area (Å²) >= 11 is 1.22. The molecule has 0 saturated carbocycles. The highest BCUT2D eigenvalue weighted by atomic mass is 32.2. The zero-order valence-electron chi connectivity index (χ0n) is 13.7. The van der Waals surface area contributed by atoms with Gasteiger partial charge in [0.15, 0.2) is 0 Å². The van der Waals surface area contributed by atoms with Crippen LogP contribution in [0.3, 0.4) is 0 Å². The minimum atomic E-state index is -3.42. The molecule has 2 fully saturated rings. The van der Waals surface area contributed by atoms with Gasteiger partial charge in [-0.3, -0.25) is 4.79 Å². The second kappa shape index (κ2) is 7.95. The largest absolute Gasteiger partial charge is 0.343 e. The van der Waals surface area contributed by atoms with Crippen molar-refractivity contribution >= 4 is 27.3 Å². The van der Waals surface area contributed by atoms with Crippen LogP contribution in [0.25, 0.3) is 0 Å². The lowest BCUT2D eigenvalue weighted by molar-refractivity contribution is -0.132. The molecule has 2 N–H and O–H groups in total. The molecule has 3 rings (SSSR count). The van der Waals surface area contributed by atoms with Gasteiger partial charge >= 0.3 is 0 Å². The van der Waals surface area contributed by atoms with E-state index in [9.17, 15) is 13.2 Å². The number of nitrogens with zero attached hydrogens (tertiary/aromatic N) is 1. The van der Waals surface area contributed by atoms with Gasteiger partial charge < -0.3 is 10.2 Å². The molecule has 1 atom stereocenters. The number of hydrogen-bond acceptors (Lipinski definition) is 5. The van der Waals surface area contributed by atoms with Crippen molar-refractivity contribution in [3.63, 3.8) is 0 Å². The maximum atomic E-state index is 12.3. The highest BCUT2D eigenvalue weighted by Gasteiger charge is 2.27. The molecular weight excluding hydrogens is 346 g/mol. The number of amides is 1. The van der Waals surface area contributed by atoms with Crippen LogP contribution in [0.2, 0.25) is 0 Å². The number of carbonyl (C=O) groups excluding carboxylic acids is 1. The molecule has 24 heavy (non-hydrogen) atoms. The number of sulfonamides is 1. The molecule has 1 amide bonds. The quantitative estimate of drug-likeness (QED) is 0.792. The van der Waals surface area contributed by atoms with Crippen LogP contribution >= 0.6 is 11.3 Å². The first-order chi connectivity index (χ1) is 11.5. The Kier molecular flexibility index (Phi) is 5.91. The van der Waals surface area contributed by atoms with E-state index in [1.807, 2.05) is 4.90 Å². The Morgan fingerprint density at radius 2 is 2.12 bits per heavy atom. The van der Waals surface area contributed by atoms with Gasteiger partial charge in [-0.25, -0.2) is 13.1 Å². The Labute approximate surface area is 147 Å². The first-order valence-electron chi connectivity index (χ1n) is 8.59. The van der Waals surface area contributed by atoms with E-state index in [0.717, 1.165) is 19.5 Å². The van der Waals surface area contributed by atoms with Crippen LogP contribution in [0.5, 0.6) is 0 Å². The predicted molar refractivity (Wildman–Crippen MR) is 94.5 cm³/mol. The van der Waals surface area contributed by atoms with Crippen molar-refractivity contribution in [3.05, 3.63) is 17.5 Å². The summed E-state index contributed by atoms with van der Waals surface area (Å²) in [5, 5.41) is 5.09. The number of piperidine rings is 1. The molecule has 0 radical (unpaired) electrons. The maximum Gasteiger partial charge on any atom is 0.250 e. The Bertz CT molecular complexity index is 632. The van der Waals surface area contributed by atoms with Crippen LogP contribution in [-0.2, 0) is 14.8 Å². The summed E-state index contributed by atoms with van der Waals surface area (Å²) in [5.74, 6) is 0.838. The molecule has 134 valence electrons. The molecule has 8 heteroatoms. The summed E-state index contributed by atoms with van der Waals surface area (Å²) in [5.41, 5.74) is 0. The lowest BCUT2D eigenvalue weighted by Crippen LogP contribution is -2.46. The summed E-state index contributed by atoms with van der Waals surface area (Å²) in [6, 6.07) is 3.27. The standard InChI is InChI=1S/C16H25N3O3S2/c20-15(4-3-13-5-8-17-12-13)19-9-6-14(7-10-19)18-24(21,22)16-2-1-11-23-16/h1-2,11,13-14,17-18H,3-10,12H2. The third-order valence-electron chi connectivity index (χ3n) is 4.86. The van der Waals surface area contributed by atoms with E-state index in [-0.39, 0.29) is 11.9 Å². The number of nitrogens with one attached hydrogen (secondary N) is 2. The van der Waals surface area contributed by atoms with Crippen molar-refractivity contribution in [3.8, 4) is 0 Å². The molecule has 0 bridgehead atoms. The van der Waals surface area contributed by atoms with E-state index >= 15 is 0 Å². The van der Waals surface area contributed by atoms with Gasteiger partial charge in [0.05, 0.1) is 0 Å². The molecule has 1 aromatic rings. The van der Waals surface area contributed by atoms with E-state index in [2.05, 4.69) is 10.0 Å². The van der Waals surface area contributed by atoms with Crippen LogP contribution in [0.1, 0.15) is 32.1 Å². The van der Waals surface area contributed by atoms with Crippen molar-refractivity contribution in [2.24, 2.45) is 5.92 Å². The van der Waals surface area contributed by atoms with Crippen molar-refractivity contribution in [2.75, 3.05) is 26.2 Å². The molecule has 6 nitrogen and oxygen atoms in total. The van der Waals surface area contributed by atoms with Gasteiger partial charge in [0.1, 0.15) is 4.21 Å². The Morgan fingerprint density at radius 1 is 1.33 bits per heavy atom.